The van der Waals surface area contributed by atoms with Crippen LogP contribution in [0.3, 0.4) is 0 Å². The third kappa shape index (κ3) is 1.88. The number of nitrogens with zero attached hydrogens (tertiary/aromatic N) is 1. The van der Waals surface area contributed by atoms with Crippen LogP contribution in [0, 0.1) is 5.82 Å². The van der Waals surface area contributed by atoms with Crippen molar-refractivity contribution in [3.8, 4) is 0 Å². The molecule has 3 nitrogen and oxygen atoms in total. The summed E-state index contributed by atoms with van der Waals surface area (Å²) in [5.41, 5.74) is 0.778. The molecular weight excluding hydrogens is 239 g/mol. The summed E-state index contributed by atoms with van der Waals surface area (Å²) in [6, 6.07) is 4.74. The summed E-state index contributed by atoms with van der Waals surface area (Å²) < 4.78 is 15.3. The van der Waals surface area contributed by atoms with E-state index in [0.717, 1.165) is 12.2 Å². The van der Waals surface area contributed by atoms with Crippen molar-refractivity contribution in [2.45, 2.75) is 24.6 Å². The zero-order valence-corrected chi connectivity index (χ0v) is 10.1. The Balaban J connectivity index is 2.08. The predicted octanol–water partition coefficient (Wildman–Crippen LogP) is 2.36. The number of imidazole rings is 1. The van der Waals surface area contributed by atoms with Crippen LogP contribution in [0.15, 0.2) is 23.0 Å². The maximum absolute atomic E-state index is 13.7. The number of thioether (sulfide) groups is 1. The molecule has 0 radical (unpaired) electrons. The molecule has 0 bridgehead atoms. The molecule has 1 aromatic carbocycles. The molecule has 90 valence electrons. The van der Waals surface area contributed by atoms with E-state index in [2.05, 4.69) is 4.98 Å². The van der Waals surface area contributed by atoms with Crippen molar-refractivity contribution < 1.29 is 4.39 Å². The highest BCUT2D eigenvalue weighted by Gasteiger charge is 2.19. The molecule has 1 saturated heterocycles. The topological polar surface area (TPSA) is 37.8 Å². The van der Waals surface area contributed by atoms with E-state index < -0.39 is 0 Å². The Morgan fingerprint density at radius 2 is 2.41 bits per heavy atom. The summed E-state index contributed by atoms with van der Waals surface area (Å²) >= 11 is 1.87. The van der Waals surface area contributed by atoms with E-state index >= 15 is 0 Å². The fourth-order valence-corrected chi connectivity index (χ4v) is 3.60. The van der Waals surface area contributed by atoms with Gasteiger partial charge in [-0.05, 0) is 30.7 Å². The van der Waals surface area contributed by atoms with Gasteiger partial charge in [-0.3, -0.25) is 4.57 Å². The van der Waals surface area contributed by atoms with Gasteiger partial charge in [0, 0.05) is 11.8 Å². The Labute approximate surface area is 102 Å². The molecule has 0 saturated carbocycles. The van der Waals surface area contributed by atoms with Crippen molar-refractivity contribution in [2.24, 2.45) is 0 Å². The highest BCUT2D eigenvalue weighted by molar-refractivity contribution is 8.00. The molecule has 0 spiro atoms. The number of para-hydroxylation sites is 1. The summed E-state index contributed by atoms with van der Waals surface area (Å²) in [4.78, 5) is 14.5. The molecule has 2 aromatic rings. The largest absolute Gasteiger partial charge is 0.326 e. The highest BCUT2D eigenvalue weighted by atomic mass is 32.2. The van der Waals surface area contributed by atoms with Crippen LogP contribution in [-0.2, 0) is 6.54 Å². The first kappa shape index (κ1) is 10.9. The van der Waals surface area contributed by atoms with Gasteiger partial charge in [0.25, 0.3) is 0 Å². The fourth-order valence-electron chi connectivity index (χ4n) is 2.34. The summed E-state index contributed by atoms with van der Waals surface area (Å²) in [6.07, 6.45) is 2.30. The number of fused-ring (bicyclic) bond motifs is 1. The molecule has 2 heterocycles. The van der Waals surface area contributed by atoms with Crippen molar-refractivity contribution >= 4 is 22.8 Å². The molecule has 3 rings (SSSR count). The monoisotopic (exact) mass is 252 g/mol. The van der Waals surface area contributed by atoms with Crippen molar-refractivity contribution in [2.75, 3.05) is 5.75 Å². The Morgan fingerprint density at radius 1 is 1.53 bits per heavy atom. The minimum absolute atomic E-state index is 0.211. The first-order valence-electron chi connectivity index (χ1n) is 5.74. The molecule has 1 N–H and O–H groups in total. The van der Waals surface area contributed by atoms with Crippen molar-refractivity contribution in [3.63, 3.8) is 0 Å². The standard InChI is InChI=1S/C12H13FN2OS/c13-9-4-1-5-10-11(9)15(12(16)14-10)7-8-3-2-6-17-8/h1,4-5,8H,2-3,6-7H2,(H,14,16). The Bertz CT molecular complexity index is 598. The second-order valence-electron chi connectivity index (χ2n) is 4.31. The summed E-state index contributed by atoms with van der Waals surface area (Å²) in [7, 11) is 0. The third-order valence-electron chi connectivity index (χ3n) is 3.15. The smallest absolute Gasteiger partial charge is 0.305 e. The summed E-state index contributed by atoms with van der Waals surface area (Å²) in [5, 5.41) is 0.436. The Hall–Kier alpha value is -1.23. The first-order chi connectivity index (χ1) is 8.25. The van der Waals surface area contributed by atoms with Crippen LogP contribution in [0.25, 0.3) is 11.0 Å². The van der Waals surface area contributed by atoms with Gasteiger partial charge in [-0.1, -0.05) is 6.07 Å². The van der Waals surface area contributed by atoms with E-state index in [9.17, 15) is 9.18 Å². The zero-order valence-electron chi connectivity index (χ0n) is 9.28. The molecule has 0 amide bonds. The van der Waals surface area contributed by atoms with Gasteiger partial charge in [-0.25, -0.2) is 9.18 Å². The van der Waals surface area contributed by atoms with Crippen LogP contribution in [0.2, 0.25) is 0 Å². The molecule has 17 heavy (non-hydrogen) atoms. The van der Waals surface area contributed by atoms with Crippen LogP contribution in [0.5, 0.6) is 0 Å². The molecule has 1 unspecified atom stereocenters. The number of hydrogen-bond donors (Lipinski definition) is 1. The van der Waals surface area contributed by atoms with Gasteiger partial charge in [-0.15, -0.1) is 0 Å². The van der Waals surface area contributed by atoms with E-state index in [4.69, 9.17) is 0 Å². The lowest BCUT2D eigenvalue weighted by molar-refractivity contribution is 0.601. The average molecular weight is 252 g/mol. The lowest BCUT2D eigenvalue weighted by atomic mass is 10.2. The van der Waals surface area contributed by atoms with Crippen LogP contribution < -0.4 is 5.69 Å². The van der Waals surface area contributed by atoms with Crippen molar-refractivity contribution in [3.05, 3.63) is 34.5 Å². The van der Waals surface area contributed by atoms with E-state index in [1.165, 1.54) is 17.1 Å². The predicted molar refractivity (Wildman–Crippen MR) is 68.0 cm³/mol. The SMILES string of the molecule is O=c1[nH]c2cccc(F)c2n1CC1CCCS1. The summed E-state index contributed by atoms with van der Waals surface area (Å²) in [5.74, 6) is 0.813. The van der Waals surface area contributed by atoms with Gasteiger partial charge in [0.1, 0.15) is 11.3 Å². The Morgan fingerprint density at radius 3 is 3.18 bits per heavy atom. The van der Waals surface area contributed by atoms with E-state index in [1.807, 2.05) is 11.8 Å². The number of benzene rings is 1. The second-order valence-corrected chi connectivity index (χ2v) is 5.72. The molecule has 1 aliphatic heterocycles. The lowest BCUT2D eigenvalue weighted by Gasteiger charge is -2.09. The van der Waals surface area contributed by atoms with E-state index in [1.54, 1.807) is 12.1 Å². The molecule has 5 heteroatoms. The van der Waals surface area contributed by atoms with Gasteiger partial charge in [0.05, 0.1) is 5.52 Å². The average Bonchev–Trinajstić information content (AvgIpc) is 2.89. The van der Waals surface area contributed by atoms with Crippen molar-refractivity contribution in [1.82, 2.24) is 9.55 Å². The molecule has 1 aromatic heterocycles. The zero-order chi connectivity index (χ0) is 11.8. The Kier molecular flexibility index (Phi) is 2.70. The third-order valence-corrected chi connectivity index (χ3v) is 4.53. The number of nitrogens with one attached hydrogen (secondary N) is 1. The van der Waals surface area contributed by atoms with Gasteiger partial charge in [0.15, 0.2) is 0 Å². The maximum atomic E-state index is 13.7. The normalized spacial score (nSPS) is 20.2. The molecule has 1 fully saturated rings. The van der Waals surface area contributed by atoms with Crippen LogP contribution >= 0.6 is 11.8 Å². The van der Waals surface area contributed by atoms with Crippen LogP contribution in [-0.4, -0.2) is 20.6 Å². The van der Waals surface area contributed by atoms with E-state index in [-0.39, 0.29) is 11.5 Å². The van der Waals surface area contributed by atoms with Gasteiger partial charge in [0.2, 0.25) is 0 Å². The number of halogens is 1. The van der Waals surface area contributed by atoms with Crippen LogP contribution in [0.4, 0.5) is 4.39 Å². The molecule has 0 aliphatic carbocycles. The number of aromatic nitrogens is 2. The highest BCUT2D eigenvalue weighted by Crippen LogP contribution is 2.28. The number of hydrogen-bond acceptors (Lipinski definition) is 2. The molecule has 1 aliphatic rings. The van der Waals surface area contributed by atoms with Gasteiger partial charge in [-0.2, -0.15) is 11.8 Å². The van der Waals surface area contributed by atoms with E-state index in [0.29, 0.717) is 22.8 Å². The number of aromatic amines is 1. The van der Waals surface area contributed by atoms with Crippen molar-refractivity contribution in [1.29, 1.82) is 0 Å². The van der Waals surface area contributed by atoms with Gasteiger partial charge >= 0.3 is 5.69 Å². The summed E-state index contributed by atoms with van der Waals surface area (Å²) in [6.45, 7) is 0.602. The van der Waals surface area contributed by atoms with Gasteiger partial charge < -0.3 is 4.98 Å². The first-order valence-corrected chi connectivity index (χ1v) is 6.79. The molecular formula is C12H13FN2OS. The maximum Gasteiger partial charge on any atom is 0.326 e. The number of H-pyrrole nitrogens is 1. The minimum Gasteiger partial charge on any atom is -0.305 e. The van der Waals surface area contributed by atoms with Crippen LogP contribution in [0.1, 0.15) is 12.8 Å². The minimum atomic E-state index is -0.330. The lowest BCUT2D eigenvalue weighted by Crippen LogP contribution is -2.22. The quantitative estimate of drug-likeness (QED) is 0.891. The second kappa shape index (κ2) is 4.22. The fraction of sp³-hybridized carbons (Fsp3) is 0.417. The number of rotatable bonds is 2. The molecule has 1 atom stereocenters.